The van der Waals surface area contributed by atoms with Gasteiger partial charge >= 0.3 is 0 Å². The Hall–Kier alpha value is -7.65. The lowest BCUT2D eigenvalue weighted by molar-refractivity contribution is 0.585. The van der Waals surface area contributed by atoms with E-state index in [1.165, 1.54) is 121 Å². The highest BCUT2D eigenvalue weighted by molar-refractivity contribution is 7.99. The van der Waals surface area contributed by atoms with Crippen molar-refractivity contribution in [2.75, 3.05) is 4.90 Å². The summed E-state index contributed by atoms with van der Waals surface area (Å²) in [6.07, 6.45) is 0. The molecule has 0 saturated heterocycles. The minimum Gasteiger partial charge on any atom is -0.310 e. The van der Waals surface area contributed by atoms with Gasteiger partial charge < -0.3 is 4.90 Å². The summed E-state index contributed by atoms with van der Waals surface area (Å²) in [5, 5.41) is 0. The normalized spacial score (nSPS) is 14.9. The van der Waals surface area contributed by atoms with E-state index in [0.29, 0.717) is 0 Å². The van der Waals surface area contributed by atoms with Crippen LogP contribution < -0.4 is 4.90 Å². The Bertz CT molecular complexity index is 4050. The van der Waals surface area contributed by atoms with Gasteiger partial charge in [0.1, 0.15) is 0 Å². The summed E-state index contributed by atoms with van der Waals surface area (Å²) >= 11 is 1.92. The number of hydrogen-bond donors (Lipinski definition) is 0. The molecule has 2 spiro atoms. The standard InChI is InChI=1S/C78H71NS/c1-73(2,3)50-28-36-58-59-37-29-51(74(4,5)6)43-66(59)77(65(58)42-50)63-23-17-16-22-57(63)62-40-34-55(46-69(62)77)79(54-32-26-49(27-33-54)48-20-14-13-15-21-48)56-35-41-72-70(47-56)78(64-24-18-19-25-71(64)80-72)67-44-52(75(7,8)9)30-38-60(67)61-39-31-53(45-68(61)78)76(10,11)12/h13-47H,1-12H3. The maximum atomic E-state index is 2.58. The van der Waals surface area contributed by atoms with E-state index in [4.69, 9.17) is 0 Å². The van der Waals surface area contributed by atoms with Crippen LogP contribution in [0.2, 0.25) is 0 Å². The molecule has 0 bridgehead atoms. The van der Waals surface area contributed by atoms with Gasteiger partial charge in [-0.15, -0.1) is 0 Å². The Labute approximate surface area is 479 Å². The predicted octanol–water partition coefficient (Wildman–Crippen LogP) is 21.2. The number of hydrogen-bond acceptors (Lipinski definition) is 2. The monoisotopic (exact) mass is 1050 g/mol. The van der Waals surface area contributed by atoms with E-state index in [2.05, 4.69) is 300 Å². The van der Waals surface area contributed by atoms with Crippen molar-refractivity contribution >= 4 is 28.8 Å². The lowest BCUT2D eigenvalue weighted by Crippen LogP contribution is -2.33. The first-order valence-electron chi connectivity index (χ1n) is 28.9. The molecule has 4 aliphatic rings. The molecular weight excluding hydrogens is 983 g/mol. The van der Waals surface area contributed by atoms with E-state index >= 15 is 0 Å². The van der Waals surface area contributed by atoms with Crippen LogP contribution in [-0.2, 0) is 32.5 Å². The van der Waals surface area contributed by atoms with Gasteiger partial charge in [0.25, 0.3) is 0 Å². The van der Waals surface area contributed by atoms with Crippen LogP contribution in [0.1, 0.15) is 150 Å². The van der Waals surface area contributed by atoms with Gasteiger partial charge in [0.05, 0.1) is 10.8 Å². The first kappa shape index (κ1) is 50.6. The molecule has 1 heterocycles. The Morgan fingerprint density at radius 1 is 0.263 bits per heavy atom. The summed E-state index contributed by atoms with van der Waals surface area (Å²) in [7, 11) is 0. The van der Waals surface area contributed by atoms with E-state index in [1.54, 1.807) is 0 Å². The molecule has 394 valence electrons. The molecule has 0 radical (unpaired) electrons. The zero-order chi connectivity index (χ0) is 55.5. The van der Waals surface area contributed by atoms with Crippen LogP contribution in [0.25, 0.3) is 44.5 Å². The molecule has 0 fully saturated rings. The predicted molar refractivity (Wildman–Crippen MR) is 339 cm³/mol. The Kier molecular flexibility index (Phi) is 11.0. The smallest absolute Gasteiger partial charge is 0.0736 e. The van der Waals surface area contributed by atoms with Crippen molar-refractivity contribution in [3.63, 3.8) is 0 Å². The van der Waals surface area contributed by atoms with Crippen LogP contribution in [0, 0.1) is 0 Å². The van der Waals surface area contributed by atoms with Gasteiger partial charge in [-0.25, -0.2) is 0 Å². The average molecular weight is 1050 g/mol. The first-order chi connectivity index (χ1) is 38.2. The minimum atomic E-state index is -0.584. The number of nitrogens with zero attached hydrogens (tertiary/aromatic N) is 1. The van der Waals surface area contributed by atoms with Gasteiger partial charge in [-0.2, -0.15) is 0 Å². The molecule has 10 aromatic carbocycles. The van der Waals surface area contributed by atoms with E-state index in [-0.39, 0.29) is 21.7 Å². The van der Waals surface area contributed by atoms with Crippen molar-refractivity contribution in [1.82, 2.24) is 0 Å². The molecule has 0 aromatic heterocycles. The molecule has 3 aliphatic carbocycles. The zero-order valence-corrected chi connectivity index (χ0v) is 49.4. The summed E-state index contributed by atoms with van der Waals surface area (Å²) in [5.41, 5.74) is 28.6. The molecule has 10 aromatic rings. The summed E-state index contributed by atoms with van der Waals surface area (Å²) in [6.45, 7) is 28.3. The summed E-state index contributed by atoms with van der Waals surface area (Å²) in [4.78, 5) is 5.17. The van der Waals surface area contributed by atoms with Crippen molar-refractivity contribution in [2.24, 2.45) is 0 Å². The maximum absolute atomic E-state index is 2.58. The molecule has 0 atom stereocenters. The SMILES string of the molecule is CC(C)(C)c1ccc2c(c1)C1(c3ccccc3Sc3ccc(N(c4ccc(-c5ccccc5)cc4)c4ccc5c(c4)C4(c6ccccc6-5)c5cc(C(C)(C)C)ccc5-c5ccc(C(C)(C)C)cc54)cc31)c1cc(C(C)(C)C)ccc1-2. The van der Waals surface area contributed by atoms with Gasteiger partial charge in [0.2, 0.25) is 0 Å². The Morgan fingerprint density at radius 2 is 0.600 bits per heavy atom. The van der Waals surface area contributed by atoms with Gasteiger partial charge in [0.15, 0.2) is 0 Å². The fourth-order valence-electron chi connectivity index (χ4n) is 14.1. The van der Waals surface area contributed by atoms with E-state index in [0.717, 1.165) is 17.1 Å². The fourth-order valence-corrected chi connectivity index (χ4v) is 15.3. The van der Waals surface area contributed by atoms with Crippen LogP contribution in [0.4, 0.5) is 17.1 Å². The molecule has 2 heteroatoms. The molecule has 0 unspecified atom stereocenters. The quantitative estimate of drug-likeness (QED) is 0.173. The van der Waals surface area contributed by atoms with Crippen molar-refractivity contribution < 1.29 is 0 Å². The molecule has 0 N–H and O–H groups in total. The van der Waals surface area contributed by atoms with Gasteiger partial charge in [-0.05, 0) is 181 Å². The van der Waals surface area contributed by atoms with Crippen molar-refractivity contribution in [3.8, 4) is 44.5 Å². The van der Waals surface area contributed by atoms with Crippen LogP contribution >= 0.6 is 11.8 Å². The lowest BCUT2D eigenvalue weighted by atomic mass is 9.66. The zero-order valence-electron chi connectivity index (χ0n) is 48.6. The van der Waals surface area contributed by atoms with Crippen LogP contribution in [0.5, 0.6) is 0 Å². The van der Waals surface area contributed by atoms with E-state index < -0.39 is 10.8 Å². The third kappa shape index (κ3) is 7.36. The first-order valence-corrected chi connectivity index (χ1v) is 29.7. The Balaban J connectivity index is 1.06. The van der Waals surface area contributed by atoms with Crippen LogP contribution in [0.15, 0.2) is 222 Å². The second-order valence-corrected chi connectivity index (χ2v) is 28.4. The lowest BCUT2D eigenvalue weighted by Gasteiger charge is -2.41. The van der Waals surface area contributed by atoms with Crippen LogP contribution in [-0.4, -0.2) is 0 Å². The molecule has 1 aliphatic heterocycles. The molecular formula is C78H71NS. The molecule has 0 saturated carbocycles. The Morgan fingerprint density at radius 3 is 1.09 bits per heavy atom. The third-order valence-electron chi connectivity index (χ3n) is 18.4. The number of rotatable bonds is 4. The molecule has 14 rings (SSSR count). The average Bonchev–Trinajstić information content (AvgIpc) is 4.13. The summed E-state index contributed by atoms with van der Waals surface area (Å²) in [5.74, 6) is 0. The van der Waals surface area contributed by atoms with Crippen molar-refractivity contribution in [3.05, 3.63) is 279 Å². The molecule has 80 heavy (non-hydrogen) atoms. The van der Waals surface area contributed by atoms with Gasteiger partial charge in [-0.3, -0.25) is 0 Å². The second kappa shape index (κ2) is 17.4. The third-order valence-corrected chi connectivity index (χ3v) is 19.5. The van der Waals surface area contributed by atoms with E-state index in [9.17, 15) is 0 Å². The van der Waals surface area contributed by atoms with E-state index in [1.807, 2.05) is 11.8 Å². The molecule has 0 amide bonds. The number of anilines is 3. The topological polar surface area (TPSA) is 3.24 Å². The van der Waals surface area contributed by atoms with Gasteiger partial charge in [-0.1, -0.05) is 259 Å². The highest BCUT2D eigenvalue weighted by Crippen LogP contribution is 2.66. The largest absolute Gasteiger partial charge is 0.310 e. The summed E-state index contributed by atoms with van der Waals surface area (Å²) < 4.78 is 0. The minimum absolute atomic E-state index is 0.0430. The highest BCUT2D eigenvalue weighted by atomic mass is 32.2. The highest BCUT2D eigenvalue weighted by Gasteiger charge is 2.54. The van der Waals surface area contributed by atoms with Gasteiger partial charge in [0, 0.05) is 26.9 Å². The van der Waals surface area contributed by atoms with Crippen LogP contribution in [0.3, 0.4) is 0 Å². The molecule has 1 nitrogen and oxygen atoms in total. The van der Waals surface area contributed by atoms with Crippen molar-refractivity contribution in [1.29, 1.82) is 0 Å². The summed E-state index contributed by atoms with van der Waals surface area (Å²) in [6, 6.07) is 83.0. The fraction of sp³-hybridized carbons (Fsp3) is 0.231. The second-order valence-electron chi connectivity index (χ2n) is 27.3. The number of fused-ring (bicyclic) bond motifs is 19. The van der Waals surface area contributed by atoms with Crippen molar-refractivity contribution in [2.45, 2.75) is 125 Å². The number of benzene rings is 10. The maximum Gasteiger partial charge on any atom is 0.0736 e.